The standard InChI is InChI=1S/C21H19N3O3/c22-13-14-27-17-10-5-15(6-11-17)7-12-20(25)24-19-4-2-1-3-18(19)21(26)23-16-8-9-16/h1-7,10-12,16H,8-9,14H2,(H,23,26)(H,24,25)/b12-7+. The van der Waals surface area contributed by atoms with Crippen molar-refractivity contribution in [2.45, 2.75) is 18.9 Å². The Hall–Kier alpha value is -3.59. The van der Waals surface area contributed by atoms with Crippen LogP contribution in [0, 0.1) is 11.3 Å². The predicted molar refractivity (Wildman–Crippen MR) is 102 cm³/mol. The van der Waals surface area contributed by atoms with Gasteiger partial charge in [-0.25, -0.2) is 0 Å². The summed E-state index contributed by atoms with van der Waals surface area (Å²) in [5.41, 5.74) is 1.74. The van der Waals surface area contributed by atoms with Gasteiger partial charge in [-0.1, -0.05) is 24.3 Å². The second-order valence-electron chi connectivity index (χ2n) is 6.13. The number of hydrogen-bond donors (Lipinski definition) is 2. The Morgan fingerprint density at radius 2 is 1.89 bits per heavy atom. The average molecular weight is 361 g/mol. The van der Waals surface area contributed by atoms with Crippen LogP contribution in [0.5, 0.6) is 5.75 Å². The predicted octanol–water partition coefficient (Wildman–Crippen LogP) is 3.13. The molecule has 2 aromatic rings. The van der Waals surface area contributed by atoms with Gasteiger partial charge in [-0.3, -0.25) is 9.59 Å². The first-order chi connectivity index (χ1) is 13.2. The third-order valence-electron chi connectivity index (χ3n) is 3.95. The van der Waals surface area contributed by atoms with E-state index in [-0.39, 0.29) is 24.5 Å². The van der Waals surface area contributed by atoms with E-state index in [4.69, 9.17) is 10.00 Å². The molecule has 1 fully saturated rings. The quantitative estimate of drug-likeness (QED) is 0.741. The summed E-state index contributed by atoms with van der Waals surface area (Å²) in [5, 5.41) is 14.2. The van der Waals surface area contributed by atoms with Crippen LogP contribution in [-0.2, 0) is 4.79 Å². The van der Waals surface area contributed by atoms with Gasteiger partial charge in [0, 0.05) is 12.1 Å². The summed E-state index contributed by atoms with van der Waals surface area (Å²) < 4.78 is 5.18. The van der Waals surface area contributed by atoms with E-state index in [1.807, 2.05) is 6.07 Å². The lowest BCUT2D eigenvalue weighted by Gasteiger charge is -2.09. The van der Waals surface area contributed by atoms with Crippen LogP contribution in [0.3, 0.4) is 0 Å². The summed E-state index contributed by atoms with van der Waals surface area (Å²) in [6, 6.07) is 16.1. The number of anilines is 1. The van der Waals surface area contributed by atoms with Gasteiger partial charge in [0.05, 0.1) is 11.3 Å². The zero-order valence-electron chi connectivity index (χ0n) is 14.6. The molecule has 0 atom stereocenters. The number of amides is 2. The minimum atomic E-state index is -0.327. The van der Waals surface area contributed by atoms with Crippen LogP contribution in [0.1, 0.15) is 28.8 Å². The molecule has 0 aromatic heterocycles. The van der Waals surface area contributed by atoms with Crippen LogP contribution in [0.4, 0.5) is 5.69 Å². The number of benzene rings is 2. The first-order valence-corrected chi connectivity index (χ1v) is 8.64. The smallest absolute Gasteiger partial charge is 0.253 e. The van der Waals surface area contributed by atoms with Crippen molar-refractivity contribution in [2.24, 2.45) is 0 Å². The zero-order valence-corrected chi connectivity index (χ0v) is 14.6. The van der Waals surface area contributed by atoms with Crippen LogP contribution in [0.2, 0.25) is 0 Å². The molecular weight excluding hydrogens is 342 g/mol. The van der Waals surface area contributed by atoms with E-state index in [2.05, 4.69) is 10.6 Å². The monoisotopic (exact) mass is 361 g/mol. The van der Waals surface area contributed by atoms with Crippen LogP contribution in [0.15, 0.2) is 54.6 Å². The van der Waals surface area contributed by atoms with Gasteiger partial charge in [0.25, 0.3) is 5.91 Å². The van der Waals surface area contributed by atoms with Crippen molar-refractivity contribution >= 4 is 23.6 Å². The van der Waals surface area contributed by atoms with Crippen LogP contribution in [0.25, 0.3) is 6.08 Å². The van der Waals surface area contributed by atoms with E-state index in [0.717, 1.165) is 18.4 Å². The molecule has 1 aliphatic rings. The first kappa shape index (κ1) is 18.2. The summed E-state index contributed by atoms with van der Waals surface area (Å²) in [4.78, 5) is 24.5. The van der Waals surface area contributed by atoms with Gasteiger partial charge >= 0.3 is 0 Å². The molecule has 136 valence electrons. The van der Waals surface area contributed by atoms with Gasteiger partial charge in [0.15, 0.2) is 6.61 Å². The van der Waals surface area contributed by atoms with E-state index in [1.165, 1.54) is 6.08 Å². The number of para-hydroxylation sites is 1. The highest BCUT2D eigenvalue weighted by molar-refractivity contribution is 6.07. The van der Waals surface area contributed by atoms with Crippen LogP contribution >= 0.6 is 0 Å². The lowest BCUT2D eigenvalue weighted by molar-refractivity contribution is -0.111. The van der Waals surface area contributed by atoms with Crippen molar-refractivity contribution in [3.8, 4) is 11.8 Å². The summed E-state index contributed by atoms with van der Waals surface area (Å²) >= 11 is 0. The number of ether oxygens (including phenoxy) is 1. The van der Waals surface area contributed by atoms with E-state index < -0.39 is 0 Å². The van der Waals surface area contributed by atoms with Gasteiger partial charge in [0.2, 0.25) is 5.91 Å². The highest BCUT2D eigenvalue weighted by Crippen LogP contribution is 2.21. The zero-order chi connectivity index (χ0) is 19.1. The molecule has 0 unspecified atom stereocenters. The molecule has 0 spiro atoms. The Balaban J connectivity index is 1.61. The third kappa shape index (κ3) is 5.44. The molecule has 0 aliphatic heterocycles. The SMILES string of the molecule is N#CCOc1ccc(/C=C/C(=O)Nc2ccccc2C(=O)NC2CC2)cc1. The van der Waals surface area contributed by atoms with Crippen LogP contribution in [-0.4, -0.2) is 24.5 Å². The van der Waals surface area contributed by atoms with E-state index in [9.17, 15) is 9.59 Å². The van der Waals surface area contributed by atoms with Crippen molar-refractivity contribution in [1.29, 1.82) is 5.26 Å². The number of hydrogen-bond acceptors (Lipinski definition) is 4. The van der Waals surface area contributed by atoms with Crippen molar-refractivity contribution in [3.05, 3.63) is 65.7 Å². The molecule has 6 nitrogen and oxygen atoms in total. The first-order valence-electron chi connectivity index (χ1n) is 8.64. The fourth-order valence-electron chi connectivity index (χ4n) is 2.42. The van der Waals surface area contributed by atoms with Gasteiger partial charge in [0.1, 0.15) is 11.8 Å². The van der Waals surface area contributed by atoms with Crippen molar-refractivity contribution in [1.82, 2.24) is 5.32 Å². The number of carbonyl (C=O) groups is 2. The van der Waals surface area contributed by atoms with Gasteiger partial charge in [-0.2, -0.15) is 5.26 Å². The minimum Gasteiger partial charge on any atom is -0.479 e. The molecule has 2 N–H and O–H groups in total. The average Bonchev–Trinajstić information content (AvgIpc) is 3.50. The Labute approximate surface area is 157 Å². The number of carbonyl (C=O) groups excluding carboxylic acids is 2. The normalized spacial score (nSPS) is 13.0. The molecule has 1 aliphatic carbocycles. The van der Waals surface area contributed by atoms with E-state index in [0.29, 0.717) is 17.0 Å². The lowest BCUT2D eigenvalue weighted by Crippen LogP contribution is -2.26. The van der Waals surface area contributed by atoms with Crippen LogP contribution < -0.4 is 15.4 Å². The van der Waals surface area contributed by atoms with E-state index in [1.54, 1.807) is 54.6 Å². The van der Waals surface area contributed by atoms with Crippen molar-refractivity contribution in [3.63, 3.8) is 0 Å². The summed E-state index contributed by atoms with van der Waals surface area (Å²) in [5.74, 6) is 0.0885. The van der Waals surface area contributed by atoms with Gasteiger partial charge in [-0.15, -0.1) is 0 Å². The largest absolute Gasteiger partial charge is 0.479 e. The maximum absolute atomic E-state index is 12.3. The minimum absolute atomic E-state index is 0.00861. The Morgan fingerprint density at radius 3 is 2.59 bits per heavy atom. The molecule has 27 heavy (non-hydrogen) atoms. The number of nitriles is 1. The number of rotatable bonds is 7. The van der Waals surface area contributed by atoms with Gasteiger partial charge in [-0.05, 0) is 48.7 Å². The number of nitrogens with zero attached hydrogens (tertiary/aromatic N) is 1. The Bertz CT molecular complexity index is 894. The summed E-state index contributed by atoms with van der Waals surface area (Å²) in [7, 11) is 0. The molecule has 1 saturated carbocycles. The fourth-order valence-corrected chi connectivity index (χ4v) is 2.42. The maximum Gasteiger partial charge on any atom is 0.253 e. The maximum atomic E-state index is 12.3. The molecular formula is C21H19N3O3. The Morgan fingerprint density at radius 1 is 1.15 bits per heavy atom. The highest BCUT2D eigenvalue weighted by atomic mass is 16.5. The van der Waals surface area contributed by atoms with Crippen molar-refractivity contribution < 1.29 is 14.3 Å². The molecule has 0 saturated heterocycles. The van der Waals surface area contributed by atoms with E-state index >= 15 is 0 Å². The summed E-state index contributed by atoms with van der Waals surface area (Å²) in [6.45, 7) is -0.00861. The molecule has 2 amide bonds. The third-order valence-corrected chi connectivity index (χ3v) is 3.95. The highest BCUT2D eigenvalue weighted by Gasteiger charge is 2.24. The fraction of sp³-hybridized carbons (Fsp3) is 0.190. The lowest BCUT2D eigenvalue weighted by atomic mass is 10.1. The summed E-state index contributed by atoms with van der Waals surface area (Å²) in [6.07, 6.45) is 5.07. The Kier molecular flexibility index (Phi) is 5.85. The van der Waals surface area contributed by atoms with Crippen molar-refractivity contribution in [2.75, 3.05) is 11.9 Å². The molecule has 0 bridgehead atoms. The molecule has 2 aromatic carbocycles. The second-order valence-corrected chi connectivity index (χ2v) is 6.13. The number of nitrogens with one attached hydrogen (secondary N) is 2. The molecule has 0 radical (unpaired) electrons. The molecule has 6 heteroatoms. The molecule has 3 rings (SSSR count). The molecule has 0 heterocycles. The topological polar surface area (TPSA) is 91.2 Å². The van der Waals surface area contributed by atoms with Gasteiger partial charge < -0.3 is 15.4 Å². The second kappa shape index (κ2) is 8.68.